The molecule has 3 aromatic rings. The van der Waals surface area contributed by atoms with Crippen molar-refractivity contribution in [3.63, 3.8) is 0 Å². The lowest BCUT2D eigenvalue weighted by molar-refractivity contribution is -0.133. The summed E-state index contributed by atoms with van der Waals surface area (Å²) in [5, 5.41) is 8.84. The van der Waals surface area contributed by atoms with Crippen LogP contribution in [0.1, 0.15) is 37.1 Å². The first-order valence-corrected chi connectivity index (χ1v) is 10.7. The zero-order chi connectivity index (χ0) is 21.6. The molecule has 1 N–H and O–H groups in total. The summed E-state index contributed by atoms with van der Waals surface area (Å²) in [5.41, 5.74) is 4.05. The predicted octanol–water partition coefficient (Wildman–Crippen LogP) is 3.27. The number of carbonyl (C=O) groups excluding carboxylic acids is 2. The molecule has 160 valence electrons. The molecule has 0 atom stereocenters. The molecule has 0 unspecified atom stereocenters. The molecule has 0 radical (unpaired) electrons. The summed E-state index contributed by atoms with van der Waals surface area (Å²) in [6.07, 6.45) is 1.89. The number of carbonyl (C=O) groups is 2. The Bertz CT molecular complexity index is 1100. The van der Waals surface area contributed by atoms with E-state index in [9.17, 15) is 9.59 Å². The first kappa shape index (κ1) is 20.8. The van der Waals surface area contributed by atoms with Crippen LogP contribution in [-0.2, 0) is 16.1 Å². The zero-order valence-corrected chi connectivity index (χ0v) is 17.8. The number of nitrogens with one attached hydrogen (secondary N) is 1. The van der Waals surface area contributed by atoms with Crippen LogP contribution in [0.3, 0.4) is 0 Å². The number of hydrogen-bond acceptors (Lipinski definition) is 4. The Labute approximate surface area is 181 Å². The summed E-state index contributed by atoms with van der Waals surface area (Å²) in [7, 11) is 0. The summed E-state index contributed by atoms with van der Waals surface area (Å²) >= 11 is 0. The van der Waals surface area contributed by atoms with Crippen molar-refractivity contribution < 1.29 is 9.59 Å². The van der Waals surface area contributed by atoms with Crippen molar-refractivity contribution in [2.24, 2.45) is 5.10 Å². The van der Waals surface area contributed by atoms with Gasteiger partial charge < -0.3 is 9.88 Å². The number of imidazole rings is 1. The van der Waals surface area contributed by atoms with E-state index in [4.69, 9.17) is 0 Å². The van der Waals surface area contributed by atoms with E-state index >= 15 is 0 Å². The molecule has 0 bridgehead atoms. The number of amides is 2. The number of fused-ring (bicyclic) bond motifs is 1. The van der Waals surface area contributed by atoms with Gasteiger partial charge in [0.2, 0.25) is 11.8 Å². The molecular formula is C24H27N5O2. The van der Waals surface area contributed by atoms with Gasteiger partial charge in [0.15, 0.2) is 0 Å². The molecular weight excluding hydrogens is 390 g/mol. The molecule has 2 aromatic carbocycles. The van der Waals surface area contributed by atoms with E-state index in [-0.39, 0.29) is 24.7 Å². The number of aryl methyl sites for hydroxylation is 2. The van der Waals surface area contributed by atoms with E-state index in [1.165, 1.54) is 5.01 Å². The quantitative estimate of drug-likeness (QED) is 0.571. The van der Waals surface area contributed by atoms with E-state index in [1.807, 2.05) is 55.5 Å². The Morgan fingerprint density at radius 2 is 1.81 bits per heavy atom. The Morgan fingerprint density at radius 3 is 2.65 bits per heavy atom. The average molecular weight is 418 g/mol. The van der Waals surface area contributed by atoms with Gasteiger partial charge in [0.05, 0.1) is 23.3 Å². The second-order valence-electron chi connectivity index (χ2n) is 7.68. The molecule has 0 fully saturated rings. The monoisotopic (exact) mass is 417 g/mol. The van der Waals surface area contributed by atoms with Gasteiger partial charge in [0, 0.05) is 32.4 Å². The molecule has 1 aliphatic heterocycles. The fourth-order valence-electron chi connectivity index (χ4n) is 3.85. The number of hydrazone groups is 1. The maximum atomic E-state index is 12.4. The summed E-state index contributed by atoms with van der Waals surface area (Å²) in [6.45, 7) is 3.92. The van der Waals surface area contributed by atoms with E-state index in [0.717, 1.165) is 47.5 Å². The van der Waals surface area contributed by atoms with Gasteiger partial charge in [-0.05, 0) is 31.0 Å². The third kappa shape index (κ3) is 4.99. The molecule has 1 aromatic heterocycles. The molecule has 0 saturated carbocycles. The highest BCUT2D eigenvalue weighted by molar-refractivity contribution is 6.02. The van der Waals surface area contributed by atoms with E-state index in [0.29, 0.717) is 13.1 Å². The van der Waals surface area contributed by atoms with Crippen molar-refractivity contribution in [2.45, 2.75) is 39.2 Å². The van der Waals surface area contributed by atoms with Gasteiger partial charge in [0.1, 0.15) is 5.82 Å². The van der Waals surface area contributed by atoms with Crippen molar-refractivity contribution in [1.29, 1.82) is 0 Å². The van der Waals surface area contributed by atoms with Gasteiger partial charge in [-0.1, -0.05) is 42.5 Å². The first-order chi connectivity index (χ1) is 15.1. The summed E-state index contributed by atoms with van der Waals surface area (Å²) < 4.78 is 2.17. The molecule has 2 heterocycles. The Hall–Kier alpha value is -3.48. The van der Waals surface area contributed by atoms with Crippen molar-refractivity contribution in [3.05, 3.63) is 66.0 Å². The maximum absolute atomic E-state index is 12.4. The molecule has 7 heteroatoms. The summed E-state index contributed by atoms with van der Waals surface area (Å²) in [6, 6.07) is 17.9. The second kappa shape index (κ2) is 9.55. The number of para-hydroxylation sites is 2. The first-order valence-electron chi connectivity index (χ1n) is 10.7. The number of aromatic nitrogens is 2. The number of hydrogen-bond donors (Lipinski definition) is 1. The van der Waals surface area contributed by atoms with Crippen LogP contribution in [0.5, 0.6) is 0 Å². The average Bonchev–Trinajstić information content (AvgIpc) is 3.40. The highest BCUT2D eigenvalue weighted by atomic mass is 16.2. The summed E-state index contributed by atoms with van der Waals surface area (Å²) in [5.74, 6) is 0.757. The lowest BCUT2D eigenvalue weighted by Gasteiger charge is -2.11. The van der Waals surface area contributed by atoms with Crippen LogP contribution in [0.4, 0.5) is 0 Å². The maximum Gasteiger partial charge on any atom is 0.243 e. The topological polar surface area (TPSA) is 79.6 Å². The molecule has 1 aliphatic rings. The van der Waals surface area contributed by atoms with Crippen LogP contribution in [0, 0.1) is 6.92 Å². The minimum absolute atomic E-state index is 0.105. The molecule has 4 rings (SSSR count). The van der Waals surface area contributed by atoms with Crippen molar-refractivity contribution >= 4 is 28.6 Å². The Kier molecular flexibility index (Phi) is 6.40. The van der Waals surface area contributed by atoms with E-state index in [1.54, 1.807) is 0 Å². The van der Waals surface area contributed by atoms with Crippen molar-refractivity contribution in [2.75, 3.05) is 13.1 Å². The predicted molar refractivity (Wildman–Crippen MR) is 121 cm³/mol. The van der Waals surface area contributed by atoms with Crippen LogP contribution in [-0.4, -0.2) is 45.2 Å². The Morgan fingerprint density at radius 1 is 1.03 bits per heavy atom. The van der Waals surface area contributed by atoms with E-state index < -0.39 is 0 Å². The zero-order valence-electron chi connectivity index (χ0n) is 17.8. The lowest BCUT2D eigenvalue weighted by atomic mass is 10.1. The van der Waals surface area contributed by atoms with Crippen molar-refractivity contribution in [1.82, 2.24) is 19.9 Å². The summed E-state index contributed by atoms with van der Waals surface area (Å²) in [4.78, 5) is 29.1. The van der Waals surface area contributed by atoms with Gasteiger partial charge >= 0.3 is 0 Å². The third-order valence-electron chi connectivity index (χ3n) is 5.49. The number of nitrogens with zero attached hydrogens (tertiary/aromatic N) is 4. The van der Waals surface area contributed by atoms with E-state index in [2.05, 4.69) is 26.0 Å². The van der Waals surface area contributed by atoms with Gasteiger partial charge in [-0.2, -0.15) is 5.10 Å². The molecule has 0 spiro atoms. The minimum Gasteiger partial charge on any atom is -0.356 e. The van der Waals surface area contributed by atoms with Crippen LogP contribution in [0.15, 0.2) is 59.7 Å². The molecule has 31 heavy (non-hydrogen) atoms. The van der Waals surface area contributed by atoms with Crippen LogP contribution < -0.4 is 5.32 Å². The third-order valence-corrected chi connectivity index (χ3v) is 5.49. The van der Waals surface area contributed by atoms with Crippen molar-refractivity contribution in [3.8, 4) is 0 Å². The van der Waals surface area contributed by atoms with Crippen LogP contribution >= 0.6 is 0 Å². The highest BCUT2D eigenvalue weighted by Crippen LogP contribution is 2.16. The SMILES string of the molecule is Cc1nc2ccccc2n1CCCNC(=O)CCC(=O)N1CCC(c2ccccc2)=N1. The van der Waals surface area contributed by atoms with Gasteiger partial charge in [-0.3, -0.25) is 9.59 Å². The van der Waals surface area contributed by atoms with Crippen LogP contribution in [0.25, 0.3) is 11.0 Å². The highest BCUT2D eigenvalue weighted by Gasteiger charge is 2.21. The van der Waals surface area contributed by atoms with Gasteiger partial charge in [-0.25, -0.2) is 9.99 Å². The molecule has 0 aliphatic carbocycles. The molecule has 7 nitrogen and oxygen atoms in total. The number of rotatable bonds is 8. The fourth-order valence-corrected chi connectivity index (χ4v) is 3.85. The Balaban J connectivity index is 1.19. The molecule has 2 amide bonds. The second-order valence-corrected chi connectivity index (χ2v) is 7.68. The van der Waals surface area contributed by atoms with Gasteiger partial charge in [-0.15, -0.1) is 0 Å². The number of benzene rings is 2. The smallest absolute Gasteiger partial charge is 0.243 e. The largest absolute Gasteiger partial charge is 0.356 e. The fraction of sp³-hybridized carbons (Fsp3) is 0.333. The minimum atomic E-state index is -0.110. The standard InChI is InChI=1S/C24H27N5O2/c1-18-26-21-10-5-6-11-22(21)28(18)16-7-15-25-23(30)12-13-24(31)29-17-14-20(27-29)19-8-3-2-4-9-19/h2-6,8-11H,7,12-17H2,1H3,(H,25,30). The lowest BCUT2D eigenvalue weighted by Crippen LogP contribution is -2.28. The van der Waals surface area contributed by atoms with Crippen LogP contribution in [0.2, 0.25) is 0 Å². The normalized spacial score (nSPS) is 13.5. The van der Waals surface area contributed by atoms with Gasteiger partial charge in [0.25, 0.3) is 0 Å². The molecule has 0 saturated heterocycles.